The molecule has 0 aromatic heterocycles. The molecule has 16 heavy (non-hydrogen) atoms. The number of ether oxygens (including phenoxy) is 1. The van der Waals surface area contributed by atoms with Crippen molar-refractivity contribution in [3.05, 3.63) is 35.4 Å². The van der Waals surface area contributed by atoms with Crippen molar-refractivity contribution in [2.24, 2.45) is 11.1 Å². The van der Waals surface area contributed by atoms with Crippen LogP contribution in [-0.4, -0.2) is 26.3 Å². The number of nitrogens with one attached hydrogen (secondary N) is 1. The second-order valence-electron chi connectivity index (χ2n) is 4.73. The number of nitrogens with two attached hydrogens (primary N) is 1. The summed E-state index contributed by atoms with van der Waals surface area (Å²) in [5.74, 6) is 0. The Balaban J connectivity index is 1.82. The van der Waals surface area contributed by atoms with Gasteiger partial charge in [-0.3, -0.25) is 0 Å². The Bertz CT molecular complexity index is 342. The number of aryl methyl sites for hydroxylation is 1. The van der Waals surface area contributed by atoms with Crippen LogP contribution in [0.15, 0.2) is 24.3 Å². The first-order chi connectivity index (χ1) is 7.76. The van der Waals surface area contributed by atoms with Gasteiger partial charge in [0.25, 0.3) is 0 Å². The van der Waals surface area contributed by atoms with Crippen LogP contribution in [0.3, 0.4) is 0 Å². The van der Waals surface area contributed by atoms with Crippen LogP contribution in [0.25, 0.3) is 0 Å². The van der Waals surface area contributed by atoms with Crippen molar-refractivity contribution in [3.63, 3.8) is 0 Å². The third-order valence-corrected chi connectivity index (χ3v) is 3.33. The fourth-order valence-corrected chi connectivity index (χ4v) is 1.95. The van der Waals surface area contributed by atoms with Gasteiger partial charge in [-0.2, -0.15) is 0 Å². The minimum Gasteiger partial charge on any atom is -0.380 e. The predicted octanol–water partition coefficient (Wildman–Crippen LogP) is 1.06. The lowest BCUT2D eigenvalue weighted by atomic mass is 9.86. The molecule has 3 nitrogen and oxygen atoms in total. The molecule has 0 atom stereocenters. The van der Waals surface area contributed by atoms with Crippen molar-refractivity contribution >= 4 is 0 Å². The van der Waals surface area contributed by atoms with Gasteiger partial charge in [0.15, 0.2) is 0 Å². The van der Waals surface area contributed by atoms with E-state index in [2.05, 4.69) is 36.5 Å². The molecule has 0 unspecified atom stereocenters. The lowest BCUT2D eigenvalue weighted by Gasteiger charge is -2.40. The van der Waals surface area contributed by atoms with Crippen molar-refractivity contribution < 1.29 is 4.74 Å². The second-order valence-corrected chi connectivity index (χ2v) is 4.73. The van der Waals surface area contributed by atoms with E-state index < -0.39 is 0 Å². The van der Waals surface area contributed by atoms with Crippen molar-refractivity contribution in [1.29, 1.82) is 0 Å². The van der Waals surface area contributed by atoms with Crippen molar-refractivity contribution in [1.82, 2.24) is 5.32 Å². The summed E-state index contributed by atoms with van der Waals surface area (Å²) in [4.78, 5) is 0. The maximum Gasteiger partial charge on any atom is 0.0569 e. The average molecular weight is 220 g/mol. The zero-order valence-corrected chi connectivity index (χ0v) is 9.83. The molecule has 2 rings (SSSR count). The van der Waals surface area contributed by atoms with Crippen LogP contribution >= 0.6 is 0 Å². The molecule has 0 bridgehead atoms. The smallest absolute Gasteiger partial charge is 0.0569 e. The molecule has 3 heteroatoms. The quantitative estimate of drug-likeness (QED) is 0.780. The van der Waals surface area contributed by atoms with Crippen LogP contribution in [0.2, 0.25) is 0 Å². The van der Waals surface area contributed by atoms with E-state index in [1.54, 1.807) is 0 Å². The van der Waals surface area contributed by atoms with Crippen molar-refractivity contribution in [3.8, 4) is 0 Å². The number of hydrogen-bond donors (Lipinski definition) is 2. The molecule has 1 heterocycles. The Labute approximate surface area is 97.0 Å². The average Bonchev–Trinajstić information content (AvgIpc) is 2.25. The van der Waals surface area contributed by atoms with Crippen LogP contribution in [0, 0.1) is 12.3 Å². The summed E-state index contributed by atoms with van der Waals surface area (Å²) in [6, 6.07) is 8.45. The van der Waals surface area contributed by atoms with Gasteiger partial charge < -0.3 is 15.8 Å². The van der Waals surface area contributed by atoms with E-state index in [9.17, 15) is 0 Å². The molecule has 1 fully saturated rings. The summed E-state index contributed by atoms with van der Waals surface area (Å²) in [5, 5.41) is 3.48. The third kappa shape index (κ3) is 2.43. The van der Waals surface area contributed by atoms with Gasteiger partial charge in [0.2, 0.25) is 0 Å². The normalized spacial score (nSPS) is 18.1. The maximum absolute atomic E-state index is 5.76. The van der Waals surface area contributed by atoms with Crippen molar-refractivity contribution in [2.75, 3.05) is 26.3 Å². The molecule has 1 aliphatic rings. The van der Waals surface area contributed by atoms with E-state index >= 15 is 0 Å². The molecule has 0 radical (unpaired) electrons. The molecule has 0 aliphatic carbocycles. The van der Waals surface area contributed by atoms with Gasteiger partial charge in [-0.15, -0.1) is 0 Å². The molecular formula is C13H20N2O. The summed E-state index contributed by atoms with van der Waals surface area (Å²) in [6.07, 6.45) is 0. The molecule has 1 aromatic carbocycles. The summed E-state index contributed by atoms with van der Waals surface area (Å²) < 4.78 is 5.24. The highest BCUT2D eigenvalue weighted by Gasteiger charge is 2.36. The third-order valence-electron chi connectivity index (χ3n) is 3.33. The van der Waals surface area contributed by atoms with E-state index in [0.717, 1.165) is 26.3 Å². The van der Waals surface area contributed by atoms with E-state index in [1.165, 1.54) is 11.1 Å². The first-order valence-electron chi connectivity index (χ1n) is 5.79. The molecule has 3 N–H and O–H groups in total. The minimum atomic E-state index is 0.183. The molecule has 88 valence electrons. The Morgan fingerprint density at radius 2 is 2.12 bits per heavy atom. The van der Waals surface area contributed by atoms with Gasteiger partial charge in [0.1, 0.15) is 0 Å². The summed E-state index contributed by atoms with van der Waals surface area (Å²) in [5.41, 5.74) is 8.63. The standard InChI is InChI=1S/C13H20N2O/c1-11-4-2-3-5-12(11)6-15-8-13(7-14)9-16-10-13/h2-5,15H,6-10,14H2,1H3. The molecule has 1 aliphatic heterocycles. The van der Waals surface area contributed by atoms with Gasteiger partial charge in [0, 0.05) is 25.0 Å². The van der Waals surface area contributed by atoms with Crippen LogP contribution in [0.4, 0.5) is 0 Å². The summed E-state index contributed by atoms with van der Waals surface area (Å²) in [7, 11) is 0. The lowest BCUT2D eigenvalue weighted by Crippen LogP contribution is -2.54. The Morgan fingerprint density at radius 3 is 2.69 bits per heavy atom. The fraction of sp³-hybridized carbons (Fsp3) is 0.538. The highest BCUT2D eigenvalue weighted by Crippen LogP contribution is 2.24. The second kappa shape index (κ2) is 4.95. The van der Waals surface area contributed by atoms with E-state index in [0.29, 0.717) is 6.54 Å². The predicted molar refractivity (Wildman–Crippen MR) is 65.2 cm³/mol. The zero-order valence-electron chi connectivity index (χ0n) is 9.83. The Kier molecular flexibility index (Phi) is 3.59. The van der Waals surface area contributed by atoms with Gasteiger partial charge >= 0.3 is 0 Å². The SMILES string of the molecule is Cc1ccccc1CNCC1(CN)COC1. The highest BCUT2D eigenvalue weighted by molar-refractivity contribution is 5.25. The largest absolute Gasteiger partial charge is 0.380 e. The van der Waals surface area contributed by atoms with Crippen molar-refractivity contribution in [2.45, 2.75) is 13.5 Å². The molecule has 1 aromatic rings. The van der Waals surface area contributed by atoms with Crippen LogP contribution in [0.5, 0.6) is 0 Å². The molecule has 0 amide bonds. The van der Waals surface area contributed by atoms with Gasteiger partial charge in [-0.05, 0) is 18.1 Å². The van der Waals surface area contributed by atoms with E-state index in [1.807, 2.05) is 0 Å². The van der Waals surface area contributed by atoms with E-state index in [4.69, 9.17) is 10.5 Å². The molecular weight excluding hydrogens is 200 g/mol. The minimum absolute atomic E-state index is 0.183. The van der Waals surface area contributed by atoms with E-state index in [-0.39, 0.29) is 5.41 Å². The summed E-state index contributed by atoms with van der Waals surface area (Å²) >= 11 is 0. The molecule has 0 saturated carbocycles. The topological polar surface area (TPSA) is 47.3 Å². The fourth-order valence-electron chi connectivity index (χ4n) is 1.95. The maximum atomic E-state index is 5.76. The number of hydrogen-bond acceptors (Lipinski definition) is 3. The number of benzene rings is 1. The zero-order chi connectivity index (χ0) is 11.4. The van der Waals surface area contributed by atoms with Gasteiger partial charge in [0.05, 0.1) is 13.2 Å². The first kappa shape index (κ1) is 11.6. The first-order valence-corrected chi connectivity index (χ1v) is 5.79. The lowest BCUT2D eigenvalue weighted by molar-refractivity contribution is -0.105. The highest BCUT2D eigenvalue weighted by atomic mass is 16.5. The Morgan fingerprint density at radius 1 is 1.38 bits per heavy atom. The molecule has 0 spiro atoms. The summed E-state index contributed by atoms with van der Waals surface area (Å²) in [6.45, 7) is 6.29. The number of rotatable bonds is 5. The van der Waals surface area contributed by atoms with Gasteiger partial charge in [-0.25, -0.2) is 0 Å². The van der Waals surface area contributed by atoms with Crippen LogP contribution in [0.1, 0.15) is 11.1 Å². The van der Waals surface area contributed by atoms with Gasteiger partial charge in [-0.1, -0.05) is 24.3 Å². The van der Waals surface area contributed by atoms with Crippen LogP contribution in [-0.2, 0) is 11.3 Å². The van der Waals surface area contributed by atoms with Crippen LogP contribution < -0.4 is 11.1 Å². The monoisotopic (exact) mass is 220 g/mol. The molecule has 1 saturated heterocycles. The Hall–Kier alpha value is -0.900.